The highest BCUT2D eigenvalue weighted by molar-refractivity contribution is 7.71. The number of ether oxygens (including phenoxy) is 1. The lowest BCUT2D eigenvalue weighted by Crippen LogP contribution is -2.07. The number of hydrogen-bond acceptors (Lipinski definition) is 3. The van der Waals surface area contributed by atoms with E-state index in [1.54, 1.807) is 0 Å². The Labute approximate surface area is 88.5 Å². The Balaban J connectivity index is 2.11. The Morgan fingerprint density at radius 3 is 3.21 bits per heavy atom. The fourth-order valence-corrected chi connectivity index (χ4v) is 2.04. The molecule has 0 saturated carbocycles. The third-order valence-corrected chi connectivity index (χ3v) is 2.64. The van der Waals surface area contributed by atoms with Gasteiger partial charge in [-0.1, -0.05) is 12.2 Å². The first-order chi connectivity index (χ1) is 6.74. The minimum absolute atomic E-state index is 0.606. The molecule has 0 spiro atoms. The van der Waals surface area contributed by atoms with E-state index in [4.69, 9.17) is 17.0 Å². The largest absolute Gasteiger partial charge is 0.381 e. The summed E-state index contributed by atoms with van der Waals surface area (Å²) in [6.07, 6.45) is 2.08. The molecule has 0 amide bonds. The Kier molecular flexibility index (Phi) is 2.93. The molecular formula is C10H14N2OS. The third-order valence-electron chi connectivity index (χ3n) is 2.43. The summed E-state index contributed by atoms with van der Waals surface area (Å²) in [5.74, 6) is 1.60. The normalized spacial score (nSPS) is 21.4. The molecule has 2 rings (SSSR count). The quantitative estimate of drug-likeness (QED) is 0.759. The summed E-state index contributed by atoms with van der Waals surface area (Å²) in [6.45, 7) is 3.75. The Hall–Kier alpha value is -0.740. The van der Waals surface area contributed by atoms with Crippen LogP contribution in [0.5, 0.6) is 0 Å². The van der Waals surface area contributed by atoms with E-state index < -0.39 is 0 Å². The van der Waals surface area contributed by atoms with Gasteiger partial charge in [-0.2, -0.15) is 0 Å². The van der Waals surface area contributed by atoms with Crippen LogP contribution in [0, 0.1) is 17.5 Å². The molecule has 76 valence electrons. The number of nitrogens with zero attached hydrogens (tertiary/aromatic N) is 1. The summed E-state index contributed by atoms with van der Waals surface area (Å²) in [5, 5.41) is 0. The highest BCUT2D eigenvalue weighted by Crippen LogP contribution is 2.16. The lowest BCUT2D eigenvalue weighted by atomic mass is 10.1. The molecule has 3 nitrogen and oxygen atoms in total. The molecule has 0 radical (unpaired) electrons. The maximum Gasteiger partial charge on any atom is 0.129 e. The summed E-state index contributed by atoms with van der Waals surface area (Å²) < 4.78 is 6.00. The fraction of sp³-hybridized carbons (Fsp3) is 0.600. The maximum absolute atomic E-state index is 5.32. The predicted molar refractivity (Wildman–Crippen MR) is 56.8 cm³/mol. The summed E-state index contributed by atoms with van der Waals surface area (Å²) in [4.78, 5) is 7.54. The SMILES string of the molecule is Cc1cc(=S)nc(CC2CCOC2)[nH]1. The smallest absolute Gasteiger partial charge is 0.129 e. The Morgan fingerprint density at radius 1 is 1.71 bits per heavy atom. The molecule has 14 heavy (non-hydrogen) atoms. The second kappa shape index (κ2) is 4.19. The van der Waals surface area contributed by atoms with Crippen molar-refractivity contribution in [1.29, 1.82) is 0 Å². The van der Waals surface area contributed by atoms with Gasteiger partial charge < -0.3 is 9.72 Å². The molecule has 1 aliphatic rings. The van der Waals surface area contributed by atoms with Gasteiger partial charge in [-0.25, -0.2) is 4.98 Å². The highest BCUT2D eigenvalue weighted by Gasteiger charge is 2.16. The van der Waals surface area contributed by atoms with Crippen molar-refractivity contribution in [2.24, 2.45) is 5.92 Å². The first-order valence-electron chi connectivity index (χ1n) is 4.88. The van der Waals surface area contributed by atoms with Crippen molar-refractivity contribution in [3.63, 3.8) is 0 Å². The van der Waals surface area contributed by atoms with Crippen LogP contribution in [0.15, 0.2) is 6.07 Å². The van der Waals surface area contributed by atoms with Crippen LogP contribution in [0.4, 0.5) is 0 Å². The molecule has 0 aromatic carbocycles. The molecular weight excluding hydrogens is 196 g/mol. The van der Waals surface area contributed by atoms with Crippen LogP contribution < -0.4 is 0 Å². The van der Waals surface area contributed by atoms with Crippen molar-refractivity contribution >= 4 is 12.2 Å². The lowest BCUT2D eigenvalue weighted by Gasteiger charge is -2.07. The zero-order valence-electron chi connectivity index (χ0n) is 8.25. The van der Waals surface area contributed by atoms with Gasteiger partial charge in [0.15, 0.2) is 0 Å². The van der Waals surface area contributed by atoms with E-state index in [0.717, 1.165) is 37.6 Å². The van der Waals surface area contributed by atoms with Crippen molar-refractivity contribution < 1.29 is 4.74 Å². The van der Waals surface area contributed by atoms with Gasteiger partial charge in [0, 0.05) is 25.3 Å². The van der Waals surface area contributed by atoms with E-state index >= 15 is 0 Å². The highest BCUT2D eigenvalue weighted by atomic mass is 32.1. The fourth-order valence-electron chi connectivity index (χ4n) is 1.76. The monoisotopic (exact) mass is 210 g/mol. The number of H-pyrrole nitrogens is 1. The van der Waals surface area contributed by atoms with Crippen LogP contribution in [0.2, 0.25) is 0 Å². The molecule has 1 saturated heterocycles. The molecule has 0 aliphatic carbocycles. The van der Waals surface area contributed by atoms with E-state index in [9.17, 15) is 0 Å². The first kappa shape index (κ1) is 9.80. The van der Waals surface area contributed by atoms with E-state index in [1.807, 2.05) is 13.0 Å². The minimum Gasteiger partial charge on any atom is -0.381 e. The van der Waals surface area contributed by atoms with Crippen LogP contribution in [0.3, 0.4) is 0 Å². The molecule has 1 unspecified atom stereocenters. The van der Waals surface area contributed by atoms with Gasteiger partial charge in [0.1, 0.15) is 10.5 Å². The first-order valence-corrected chi connectivity index (χ1v) is 5.29. The molecule has 1 N–H and O–H groups in total. The molecule has 1 aromatic rings. The number of rotatable bonds is 2. The van der Waals surface area contributed by atoms with Crippen LogP contribution in [-0.4, -0.2) is 23.2 Å². The van der Waals surface area contributed by atoms with Crippen molar-refractivity contribution in [3.8, 4) is 0 Å². The van der Waals surface area contributed by atoms with Crippen molar-refractivity contribution in [2.45, 2.75) is 19.8 Å². The van der Waals surface area contributed by atoms with Crippen molar-refractivity contribution in [1.82, 2.24) is 9.97 Å². The van der Waals surface area contributed by atoms with Crippen LogP contribution in [-0.2, 0) is 11.2 Å². The number of hydrogen-bond donors (Lipinski definition) is 1. The van der Waals surface area contributed by atoms with Gasteiger partial charge in [-0.05, 0) is 25.3 Å². The number of aryl methyl sites for hydroxylation is 1. The topological polar surface area (TPSA) is 37.9 Å². The molecule has 4 heteroatoms. The maximum atomic E-state index is 5.32. The summed E-state index contributed by atoms with van der Waals surface area (Å²) in [5.41, 5.74) is 1.08. The molecule has 1 aliphatic heterocycles. The van der Waals surface area contributed by atoms with Gasteiger partial charge in [-0.3, -0.25) is 0 Å². The minimum atomic E-state index is 0.606. The summed E-state index contributed by atoms with van der Waals surface area (Å²) in [7, 11) is 0. The van der Waals surface area contributed by atoms with E-state index in [0.29, 0.717) is 10.6 Å². The number of nitrogens with one attached hydrogen (secondary N) is 1. The van der Waals surface area contributed by atoms with Gasteiger partial charge in [0.25, 0.3) is 0 Å². The lowest BCUT2D eigenvalue weighted by molar-refractivity contribution is 0.185. The Morgan fingerprint density at radius 2 is 2.57 bits per heavy atom. The van der Waals surface area contributed by atoms with Crippen molar-refractivity contribution in [2.75, 3.05) is 13.2 Å². The molecule has 1 fully saturated rings. The molecule has 1 atom stereocenters. The van der Waals surface area contributed by atoms with Crippen molar-refractivity contribution in [3.05, 3.63) is 22.2 Å². The van der Waals surface area contributed by atoms with Crippen LogP contribution in [0.25, 0.3) is 0 Å². The zero-order valence-corrected chi connectivity index (χ0v) is 9.06. The van der Waals surface area contributed by atoms with Gasteiger partial charge in [0.05, 0.1) is 0 Å². The zero-order chi connectivity index (χ0) is 9.97. The average molecular weight is 210 g/mol. The van der Waals surface area contributed by atoms with E-state index in [-0.39, 0.29) is 0 Å². The summed E-state index contributed by atoms with van der Waals surface area (Å²) >= 11 is 5.07. The standard InChI is InChI=1S/C10H14N2OS/c1-7-4-10(14)12-9(11-7)5-8-2-3-13-6-8/h4,8H,2-3,5-6H2,1H3,(H,11,12,14). The van der Waals surface area contributed by atoms with Crippen LogP contribution in [0.1, 0.15) is 17.9 Å². The average Bonchev–Trinajstić information content (AvgIpc) is 2.54. The molecule has 2 heterocycles. The van der Waals surface area contributed by atoms with Gasteiger partial charge in [0.2, 0.25) is 0 Å². The Bertz CT molecular complexity index is 369. The van der Waals surface area contributed by atoms with E-state index in [2.05, 4.69) is 9.97 Å². The second-order valence-corrected chi connectivity index (χ2v) is 4.20. The van der Waals surface area contributed by atoms with Gasteiger partial charge in [-0.15, -0.1) is 0 Å². The molecule has 1 aromatic heterocycles. The molecule has 0 bridgehead atoms. The third kappa shape index (κ3) is 2.39. The van der Waals surface area contributed by atoms with Crippen LogP contribution >= 0.6 is 12.2 Å². The van der Waals surface area contributed by atoms with E-state index in [1.165, 1.54) is 0 Å². The number of aromatic amines is 1. The van der Waals surface area contributed by atoms with Gasteiger partial charge >= 0.3 is 0 Å². The second-order valence-electron chi connectivity index (χ2n) is 3.78. The summed E-state index contributed by atoms with van der Waals surface area (Å²) in [6, 6.07) is 1.88. The number of aromatic nitrogens is 2. The predicted octanol–water partition coefficient (Wildman–Crippen LogP) is 2.03.